The van der Waals surface area contributed by atoms with Crippen LogP contribution in [-0.2, 0) is 6.54 Å². The number of hydrogen-bond acceptors (Lipinski definition) is 5. The van der Waals surface area contributed by atoms with Crippen LogP contribution in [-0.4, -0.2) is 54.4 Å². The molecule has 11 heteroatoms. The molecule has 33 heavy (non-hydrogen) atoms. The van der Waals surface area contributed by atoms with Crippen LogP contribution in [0.25, 0.3) is 11.4 Å². The second-order valence-electron chi connectivity index (χ2n) is 7.41. The predicted molar refractivity (Wildman–Crippen MR) is 134 cm³/mol. The molecule has 1 fully saturated rings. The Hall–Kier alpha value is -2.96. The molecule has 1 unspecified atom stereocenters. The van der Waals surface area contributed by atoms with E-state index in [4.69, 9.17) is 4.74 Å². The summed E-state index contributed by atoms with van der Waals surface area (Å²) in [6.45, 7) is 1.42. The van der Waals surface area contributed by atoms with E-state index in [0.717, 1.165) is 17.7 Å². The van der Waals surface area contributed by atoms with Crippen LogP contribution in [0, 0.1) is 11.6 Å². The molecule has 1 saturated heterocycles. The molecule has 176 valence electrons. The summed E-state index contributed by atoms with van der Waals surface area (Å²) >= 11 is 0. The van der Waals surface area contributed by atoms with Gasteiger partial charge in [0.15, 0.2) is 11.8 Å². The van der Waals surface area contributed by atoms with E-state index in [2.05, 4.69) is 30.8 Å². The predicted octanol–water partition coefficient (Wildman–Crippen LogP) is 3.32. The lowest BCUT2D eigenvalue weighted by atomic mass is 10.2. The Morgan fingerprint density at radius 3 is 2.61 bits per heavy atom. The number of H-pyrrole nitrogens is 1. The first kappa shape index (κ1) is 24.7. The number of hydrogen-bond donors (Lipinski definition) is 3. The van der Waals surface area contributed by atoms with Gasteiger partial charge in [0.25, 0.3) is 0 Å². The van der Waals surface area contributed by atoms with Gasteiger partial charge in [0.1, 0.15) is 28.9 Å². The summed E-state index contributed by atoms with van der Waals surface area (Å²) in [6.07, 6.45) is 0.735. The van der Waals surface area contributed by atoms with Gasteiger partial charge in [0.05, 0.1) is 13.7 Å². The van der Waals surface area contributed by atoms with Gasteiger partial charge in [0.2, 0.25) is 0 Å². The van der Waals surface area contributed by atoms with Crippen molar-refractivity contribution in [1.29, 1.82) is 0 Å². The number of benzene rings is 2. The first-order chi connectivity index (χ1) is 15.6. The smallest absolute Gasteiger partial charge is 0.191 e. The molecule has 8 nitrogen and oxygen atoms in total. The average molecular weight is 569 g/mol. The van der Waals surface area contributed by atoms with Gasteiger partial charge in [0, 0.05) is 31.7 Å². The van der Waals surface area contributed by atoms with Crippen LogP contribution in [0.5, 0.6) is 5.75 Å². The number of aliphatic imine (C=N–C) groups is 1. The quantitative estimate of drug-likeness (QED) is 0.240. The van der Waals surface area contributed by atoms with Crippen LogP contribution in [0.4, 0.5) is 14.5 Å². The summed E-state index contributed by atoms with van der Waals surface area (Å²) in [4.78, 5) is 10.5. The molecule has 2 heterocycles. The lowest BCUT2D eigenvalue weighted by Crippen LogP contribution is -2.44. The Kier molecular flexibility index (Phi) is 8.42. The first-order valence-corrected chi connectivity index (χ1v) is 10.3. The summed E-state index contributed by atoms with van der Waals surface area (Å²) in [5.74, 6) is 1.49. The second kappa shape index (κ2) is 11.3. The second-order valence-corrected chi connectivity index (χ2v) is 7.41. The lowest BCUT2D eigenvalue weighted by Gasteiger charge is -2.21. The van der Waals surface area contributed by atoms with Gasteiger partial charge < -0.3 is 20.3 Å². The van der Waals surface area contributed by atoms with Crippen molar-refractivity contribution in [2.75, 3.05) is 32.1 Å². The number of ether oxygens (including phenoxy) is 1. The van der Waals surface area contributed by atoms with E-state index in [9.17, 15) is 8.78 Å². The largest absolute Gasteiger partial charge is 0.497 e. The molecule has 4 rings (SSSR count). The summed E-state index contributed by atoms with van der Waals surface area (Å²) < 4.78 is 33.3. The third kappa shape index (κ3) is 5.89. The maximum absolute atomic E-state index is 14.1. The molecular weight excluding hydrogens is 543 g/mol. The molecule has 1 aliphatic heterocycles. The van der Waals surface area contributed by atoms with Gasteiger partial charge in [-0.25, -0.2) is 13.8 Å². The highest BCUT2D eigenvalue weighted by Gasteiger charge is 2.27. The Morgan fingerprint density at radius 1 is 1.21 bits per heavy atom. The topological polar surface area (TPSA) is 90.5 Å². The summed E-state index contributed by atoms with van der Waals surface area (Å²) in [5, 5.41) is 13.7. The fraction of sp³-hybridized carbons (Fsp3) is 0.318. The zero-order valence-corrected chi connectivity index (χ0v) is 20.6. The molecule has 1 aliphatic rings. The zero-order valence-electron chi connectivity index (χ0n) is 18.3. The van der Waals surface area contributed by atoms with Crippen molar-refractivity contribution in [3.05, 3.63) is 59.9 Å². The van der Waals surface area contributed by atoms with Crippen molar-refractivity contribution in [3.8, 4) is 17.1 Å². The van der Waals surface area contributed by atoms with Gasteiger partial charge >= 0.3 is 0 Å². The average Bonchev–Trinajstić information content (AvgIpc) is 3.46. The molecule has 3 aromatic rings. The SMILES string of the molecule is CN=C(NCc1nc(-c2ccc(OC)cc2)n[nH]1)NC1CCN(c2c(F)cccc2F)C1.I. The maximum atomic E-state index is 14.1. The van der Waals surface area contributed by atoms with Crippen molar-refractivity contribution in [1.82, 2.24) is 25.8 Å². The fourth-order valence-corrected chi connectivity index (χ4v) is 3.67. The number of nitrogens with one attached hydrogen (secondary N) is 3. The number of guanidine groups is 1. The van der Waals surface area contributed by atoms with Crippen LogP contribution in [0.2, 0.25) is 0 Å². The van der Waals surface area contributed by atoms with Gasteiger partial charge in [-0.15, -0.1) is 24.0 Å². The molecule has 2 aromatic carbocycles. The van der Waals surface area contributed by atoms with Gasteiger partial charge in [-0.2, -0.15) is 5.10 Å². The van der Waals surface area contributed by atoms with Crippen LogP contribution in [0.3, 0.4) is 0 Å². The number of para-hydroxylation sites is 1. The van der Waals surface area contributed by atoms with E-state index in [1.807, 2.05) is 24.3 Å². The third-order valence-corrected chi connectivity index (χ3v) is 5.31. The Labute approximate surface area is 207 Å². The van der Waals surface area contributed by atoms with E-state index < -0.39 is 11.6 Å². The zero-order chi connectivity index (χ0) is 22.5. The Balaban J connectivity index is 0.00000306. The minimum absolute atomic E-state index is 0. The highest BCUT2D eigenvalue weighted by Crippen LogP contribution is 2.26. The van der Waals surface area contributed by atoms with Crippen molar-refractivity contribution in [2.24, 2.45) is 4.99 Å². The maximum Gasteiger partial charge on any atom is 0.191 e. The third-order valence-electron chi connectivity index (χ3n) is 5.31. The molecule has 0 amide bonds. The van der Waals surface area contributed by atoms with Crippen LogP contribution < -0.4 is 20.3 Å². The summed E-state index contributed by atoms with van der Waals surface area (Å²) in [7, 11) is 3.29. The van der Waals surface area contributed by atoms with Crippen molar-refractivity contribution < 1.29 is 13.5 Å². The molecular formula is C22H26F2IN7O. The molecule has 1 atom stereocenters. The minimum atomic E-state index is -0.550. The van der Waals surface area contributed by atoms with Gasteiger partial charge in [-0.1, -0.05) is 6.07 Å². The van der Waals surface area contributed by atoms with E-state index in [0.29, 0.717) is 37.2 Å². The van der Waals surface area contributed by atoms with E-state index in [-0.39, 0.29) is 35.7 Å². The number of methoxy groups -OCH3 is 1. The molecule has 0 radical (unpaired) electrons. The monoisotopic (exact) mass is 569 g/mol. The van der Waals surface area contributed by atoms with E-state index in [1.54, 1.807) is 19.1 Å². The van der Waals surface area contributed by atoms with Crippen LogP contribution in [0.1, 0.15) is 12.2 Å². The number of nitrogens with zero attached hydrogens (tertiary/aromatic N) is 4. The van der Waals surface area contributed by atoms with Gasteiger partial charge in [-0.3, -0.25) is 10.1 Å². The van der Waals surface area contributed by atoms with Crippen molar-refractivity contribution in [3.63, 3.8) is 0 Å². The molecule has 0 aliphatic carbocycles. The molecule has 3 N–H and O–H groups in total. The van der Waals surface area contributed by atoms with Gasteiger partial charge in [-0.05, 0) is 42.8 Å². The molecule has 0 saturated carbocycles. The number of rotatable bonds is 6. The number of aromatic nitrogens is 3. The standard InChI is InChI=1S/C22H25F2N7O.HI/c1-25-22(27-15-10-11-31(13-15)20-17(23)4-3-5-18(20)24)26-12-19-28-21(30-29-19)14-6-8-16(32-2)9-7-14;/h3-9,15H,10-13H2,1-2H3,(H2,25,26,27)(H,28,29,30);1H. The number of anilines is 1. The normalized spacial score (nSPS) is 15.8. The Bertz CT molecular complexity index is 1070. The summed E-state index contributed by atoms with van der Waals surface area (Å²) in [6, 6.07) is 11.4. The molecule has 0 bridgehead atoms. The first-order valence-electron chi connectivity index (χ1n) is 10.3. The molecule has 0 spiro atoms. The number of aromatic amines is 1. The van der Waals surface area contributed by atoms with E-state index >= 15 is 0 Å². The summed E-state index contributed by atoms with van der Waals surface area (Å²) in [5.41, 5.74) is 0.898. The highest BCUT2D eigenvalue weighted by molar-refractivity contribution is 14.0. The van der Waals surface area contributed by atoms with E-state index in [1.165, 1.54) is 18.2 Å². The van der Waals surface area contributed by atoms with Crippen molar-refractivity contribution >= 4 is 35.6 Å². The van der Waals surface area contributed by atoms with Crippen LogP contribution >= 0.6 is 24.0 Å². The fourth-order valence-electron chi connectivity index (χ4n) is 3.67. The number of halogens is 3. The minimum Gasteiger partial charge on any atom is -0.497 e. The van der Waals surface area contributed by atoms with Crippen LogP contribution in [0.15, 0.2) is 47.5 Å². The molecule has 1 aromatic heterocycles. The Morgan fingerprint density at radius 2 is 1.94 bits per heavy atom. The highest BCUT2D eigenvalue weighted by atomic mass is 127. The van der Waals surface area contributed by atoms with Crippen molar-refractivity contribution in [2.45, 2.75) is 19.0 Å². The lowest BCUT2D eigenvalue weighted by molar-refractivity contribution is 0.415.